The Kier molecular flexibility index (Phi) is 4.07. The van der Waals surface area contributed by atoms with Gasteiger partial charge in [-0.1, -0.05) is 37.8 Å². The standard InChI is InChI=1S/C17H25NO/c1-19-15-8-4-7-14(11-15)16-9-10-18-12-17(16)13-5-2-3-6-13/h4,7-8,11,13,16-18H,2-3,5-6,9-10,12H2,1H3. The zero-order valence-corrected chi connectivity index (χ0v) is 11.9. The van der Waals surface area contributed by atoms with Crippen molar-refractivity contribution in [3.8, 4) is 5.75 Å². The molecule has 2 nitrogen and oxygen atoms in total. The summed E-state index contributed by atoms with van der Waals surface area (Å²) >= 11 is 0. The number of rotatable bonds is 3. The van der Waals surface area contributed by atoms with Crippen molar-refractivity contribution in [1.82, 2.24) is 5.32 Å². The predicted molar refractivity (Wildman–Crippen MR) is 78.7 cm³/mol. The molecule has 0 aromatic heterocycles. The van der Waals surface area contributed by atoms with Gasteiger partial charge in [-0.25, -0.2) is 0 Å². The highest BCUT2D eigenvalue weighted by Gasteiger charge is 2.34. The lowest BCUT2D eigenvalue weighted by Gasteiger charge is -2.36. The Labute approximate surface area is 116 Å². The van der Waals surface area contributed by atoms with E-state index in [1.807, 2.05) is 0 Å². The Bertz CT molecular complexity index is 411. The highest BCUT2D eigenvalue weighted by Crippen LogP contribution is 2.42. The summed E-state index contributed by atoms with van der Waals surface area (Å²) in [6.45, 7) is 2.36. The second kappa shape index (κ2) is 5.96. The third-order valence-electron chi connectivity index (χ3n) is 5.06. The lowest BCUT2D eigenvalue weighted by atomic mass is 9.73. The molecular weight excluding hydrogens is 234 g/mol. The van der Waals surface area contributed by atoms with E-state index in [1.165, 1.54) is 44.2 Å². The van der Waals surface area contributed by atoms with Crippen LogP contribution in [0.1, 0.15) is 43.6 Å². The Balaban J connectivity index is 1.82. The largest absolute Gasteiger partial charge is 0.497 e. The van der Waals surface area contributed by atoms with Crippen LogP contribution in [-0.2, 0) is 0 Å². The summed E-state index contributed by atoms with van der Waals surface area (Å²) in [5.74, 6) is 3.48. The van der Waals surface area contributed by atoms with Crippen LogP contribution in [0.2, 0.25) is 0 Å². The molecule has 3 rings (SSSR count). The topological polar surface area (TPSA) is 21.3 Å². The van der Waals surface area contributed by atoms with Crippen molar-refractivity contribution in [3.05, 3.63) is 29.8 Å². The number of benzene rings is 1. The Morgan fingerprint density at radius 1 is 1.16 bits per heavy atom. The fourth-order valence-corrected chi connectivity index (χ4v) is 4.05. The van der Waals surface area contributed by atoms with Gasteiger partial charge in [0.2, 0.25) is 0 Å². The summed E-state index contributed by atoms with van der Waals surface area (Å²) in [6.07, 6.45) is 7.02. The molecule has 1 aliphatic carbocycles. The minimum Gasteiger partial charge on any atom is -0.497 e. The van der Waals surface area contributed by atoms with Crippen molar-refractivity contribution >= 4 is 0 Å². The quantitative estimate of drug-likeness (QED) is 0.896. The maximum Gasteiger partial charge on any atom is 0.119 e. The number of ether oxygens (including phenoxy) is 1. The molecule has 2 unspecified atom stereocenters. The summed E-state index contributed by atoms with van der Waals surface area (Å²) in [5, 5.41) is 3.61. The molecule has 1 heterocycles. The van der Waals surface area contributed by atoms with Crippen molar-refractivity contribution in [2.75, 3.05) is 20.2 Å². The first-order valence-electron chi connectivity index (χ1n) is 7.73. The SMILES string of the molecule is COc1cccc(C2CCNCC2C2CCCC2)c1. The summed E-state index contributed by atoms with van der Waals surface area (Å²) in [5.41, 5.74) is 1.48. The van der Waals surface area contributed by atoms with E-state index in [9.17, 15) is 0 Å². The second-order valence-corrected chi connectivity index (χ2v) is 6.08. The van der Waals surface area contributed by atoms with E-state index >= 15 is 0 Å². The van der Waals surface area contributed by atoms with Crippen molar-refractivity contribution in [2.45, 2.75) is 38.0 Å². The van der Waals surface area contributed by atoms with Gasteiger partial charge in [-0.15, -0.1) is 0 Å². The highest BCUT2D eigenvalue weighted by molar-refractivity contribution is 5.31. The van der Waals surface area contributed by atoms with E-state index < -0.39 is 0 Å². The van der Waals surface area contributed by atoms with E-state index in [2.05, 4.69) is 29.6 Å². The fraction of sp³-hybridized carbons (Fsp3) is 0.647. The van der Waals surface area contributed by atoms with Crippen molar-refractivity contribution in [3.63, 3.8) is 0 Å². The van der Waals surface area contributed by atoms with Gasteiger partial charge in [0, 0.05) is 0 Å². The van der Waals surface area contributed by atoms with E-state index in [4.69, 9.17) is 4.74 Å². The van der Waals surface area contributed by atoms with Crippen LogP contribution in [0.15, 0.2) is 24.3 Å². The molecule has 2 atom stereocenters. The van der Waals surface area contributed by atoms with Gasteiger partial charge < -0.3 is 10.1 Å². The molecule has 0 spiro atoms. The molecule has 2 heteroatoms. The molecule has 1 aromatic rings. The minimum absolute atomic E-state index is 0.722. The Hall–Kier alpha value is -1.02. The lowest BCUT2D eigenvalue weighted by molar-refractivity contribution is 0.231. The first kappa shape index (κ1) is 13.0. The van der Waals surface area contributed by atoms with E-state index in [1.54, 1.807) is 7.11 Å². The van der Waals surface area contributed by atoms with Gasteiger partial charge >= 0.3 is 0 Å². The number of nitrogens with one attached hydrogen (secondary N) is 1. The molecule has 2 aliphatic rings. The minimum atomic E-state index is 0.722. The molecule has 1 saturated heterocycles. The van der Waals surface area contributed by atoms with E-state index in [0.29, 0.717) is 0 Å². The van der Waals surface area contributed by atoms with E-state index in [-0.39, 0.29) is 0 Å². The zero-order chi connectivity index (χ0) is 13.1. The van der Waals surface area contributed by atoms with Crippen LogP contribution in [0, 0.1) is 11.8 Å². The number of methoxy groups -OCH3 is 1. The maximum atomic E-state index is 5.39. The molecule has 0 amide bonds. The van der Waals surface area contributed by atoms with Gasteiger partial charge in [-0.05, 0) is 55.0 Å². The highest BCUT2D eigenvalue weighted by atomic mass is 16.5. The second-order valence-electron chi connectivity index (χ2n) is 6.08. The molecule has 0 radical (unpaired) electrons. The van der Waals surface area contributed by atoms with E-state index in [0.717, 1.165) is 30.0 Å². The molecule has 0 bridgehead atoms. The summed E-state index contributed by atoms with van der Waals surface area (Å²) < 4.78 is 5.39. The van der Waals surface area contributed by atoms with Crippen LogP contribution in [0.4, 0.5) is 0 Å². The van der Waals surface area contributed by atoms with Gasteiger partial charge in [0.15, 0.2) is 0 Å². The smallest absolute Gasteiger partial charge is 0.119 e. The summed E-state index contributed by atoms with van der Waals surface area (Å²) in [4.78, 5) is 0. The van der Waals surface area contributed by atoms with Crippen LogP contribution >= 0.6 is 0 Å². The summed E-state index contributed by atoms with van der Waals surface area (Å²) in [7, 11) is 1.76. The maximum absolute atomic E-state index is 5.39. The van der Waals surface area contributed by atoms with Gasteiger partial charge in [0.25, 0.3) is 0 Å². The van der Waals surface area contributed by atoms with Crippen molar-refractivity contribution in [2.24, 2.45) is 11.8 Å². The van der Waals surface area contributed by atoms with Gasteiger partial charge in [-0.2, -0.15) is 0 Å². The average molecular weight is 259 g/mol. The zero-order valence-electron chi connectivity index (χ0n) is 11.9. The molecule has 1 aliphatic heterocycles. The van der Waals surface area contributed by atoms with Crippen LogP contribution in [0.25, 0.3) is 0 Å². The van der Waals surface area contributed by atoms with Crippen LogP contribution in [-0.4, -0.2) is 20.2 Å². The number of hydrogen-bond acceptors (Lipinski definition) is 2. The van der Waals surface area contributed by atoms with Crippen LogP contribution < -0.4 is 10.1 Å². The first-order chi connectivity index (χ1) is 9.38. The first-order valence-corrected chi connectivity index (χ1v) is 7.73. The Morgan fingerprint density at radius 3 is 2.79 bits per heavy atom. The molecule has 104 valence electrons. The van der Waals surface area contributed by atoms with Gasteiger partial charge in [0.1, 0.15) is 5.75 Å². The third-order valence-corrected chi connectivity index (χ3v) is 5.06. The monoisotopic (exact) mass is 259 g/mol. The lowest BCUT2D eigenvalue weighted by Crippen LogP contribution is -2.38. The Morgan fingerprint density at radius 2 is 2.00 bits per heavy atom. The number of hydrogen-bond donors (Lipinski definition) is 1. The summed E-state index contributed by atoms with van der Waals surface area (Å²) in [6, 6.07) is 8.73. The molecule has 19 heavy (non-hydrogen) atoms. The van der Waals surface area contributed by atoms with Crippen molar-refractivity contribution < 1.29 is 4.74 Å². The van der Waals surface area contributed by atoms with Crippen LogP contribution in [0.3, 0.4) is 0 Å². The normalized spacial score (nSPS) is 28.5. The fourth-order valence-electron chi connectivity index (χ4n) is 4.05. The third kappa shape index (κ3) is 2.79. The van der Waals surface area contributed by atoms with Gasteiger partial charge in [0.05, 0.1) is 7.11 Å². The average Bonchev–Trinajstić information content (AvgIpc) is 3.01. The predicted octanol–water partition coefficient (Wildman–Crippen LogP) is 3.58. The van der Waals surface area contributed by atoms with Crippen LogP contribution in [0.5, 0.6) is 5.75 Å². The van der Waals surface area contributed by atoms with Crippen molar-refractivity contribution in [1.29, 1.82) is 0 Å². The molecule has 1 aromatic carbocycles. The van der Waals surface area contributed by atoms with Gasteiger partial charge in [-0.3, -0.25) is 0 Å². The molecule has 1 saturated carbocycles. The number of piperidine rings is 1. The molecule has 2 fully saturated rings. The molecular formula is C17H25NO. The molecule has 1 N–H and O–H groups in total.